The van der Waals surface area contributed by atoms with E-state index in [2.05, 4.69) is 9.72 Å². The van der Waals surface area contributed by atoms with Crippen molar-refractivity contribution in [3.05, 3.63) is 63.3 Å². The third kappa shape index (κ3) is 3.01. The molecule has 2 heterocycles. The van der Waals surface area contributed by atoms with Crippen LogP contribution in [-0.2, 0) is 0 Å². The van der Waals surface area contributed by atoms with Crippen molar-refractivity contribution in [2.45, 2.75) is 0 Å². The molecule has 0 spiro atoms. The van der Waals surface area contributed by atoms with E-state index < -0.39 is 45.3 Å². The maximum atomic E-state index is 14.1. The van der Waals surface area contributed by atoms with E-state index in [4.69, 9.17) is 16.7 Å². The van der Waals surface area contributed by atoms with Crippen molar-refractivity contribution in [3.63, 3.8) is 0 Å². The number of rotatable bonds is 2. The van der Waals surface area contributed by atoms with E-state index in [1.807, 2.05) is 0 Å². The molecule has 0 radical (unpaired) electrons. The van der Waals surface area contributed by atoms with E-state index in [1.165, 1.54) is 0 Å². The normalized spacial score (nSPS) is 10.9. The first-order chi connectivity index (χ1) is 11.8. The first-order valence-corrected chi connectivity index (χ1v) is 6.93. The molecular formula is C15H6ClF3N2O4. The maximum Gasteiger partial charge on any atom is 0.511 e. The van der Waals surface area contributed by atoms with Crippen molar-refractivity contribution in [1.82, 2.24) is 9.55 Å². The Balaban J connectivity index is 2.43. The van der Waals surface area contributed by atoms with Crippen molar-refractivity contribution in [1.29, 1.82) is 0 Å². The number of aromatic nitrogens is 2. The highest BCUT2D eigenvalue weighted by molar-refractivity contribution is 6.29. The Morgan fingerprint density at radius 1 is 1.20 bits per heavy atom. The minimum absolute atomic E-state index is 0.264. The number of nitrogens with zero attached hydrogens (tertiary/aromatic N) is 2. The molecule has 10 heteroatoms. The van der Waals surface area contributed by atoms with Gasteiger partial charge in [-0.2, -0.15) is 0 Å². The number of pyridine rings is 2. The summed E-state index contributed by atoms with van der Waals surface area (Å²) in [6.07, 6.45) is -0.957. The predicted octanol–water partition coefficient (Wildman–Crippen LogP) is 3.51. The van der Waals surface area contributed by atoms with Gasteiger partial charge in [0.2, 0.25) is 5.43 Å². The molecule has 1 N–H and O–H groups in total. The fraction of sp³-hybridized carbons (Fsp3) is 0. The van der Waals surface area contributed by atoms with E-state index in [0.717, 1.165) is 29.0 Å². The van der Waals surface area contributed by atoms with Crippen molar-refractivity contribution < 1.29 is 27.8 Å². The zero-order chi connectivity index (χ0) is 18.3. The van der Waals surface area contributed by atoms with Gasteiger partial charge >= 0.3 is 6.16 Å². The van der Waals surface area contributed by atoms with Crippen LogP contribution in [0.4, 0.5) is 18.0 Å². The van der Waals surface area contributed by atoms with Crippen LogP contribution in [0.3, 0.4) is 0 Å². The summed E-state index contributed by atoms with van der Waals surface area (Å²) in [7, 11) is 0. The molecule has 2 aromatic heterocycles. The maximum absolute atomic E-state index is 14.1. The van der Waals surface area contributed by atoms with Crippen LogP contribution in [-0.4, -0.2) is 20.8 Å². The van der Waals surface area contributed by atoms with Crippen LogP contribution >= 0.6 is 11.6 Å². The molecular weight excluding hydrogens is 365 g/mol. The number of carboxylic acid groups (broad SMARTS) is 1. The molecule has 0 aliphatic rings. The van der Waals surface area contributed by atoms with E-state index in [1.54, 1.807) is 0 Å². The molecule has 0 fully saturated rings. The third-order valence-corrected chi connectivity index (χ3v) is 3.49. The zero-order valence-electron chi connectivity index (χ0n) is 12.0. The van der Waals surface area contributed by atoms with Crippen molar-refractivity contribution in [3.8, 4) is 11.4 Å². The highest BCUT2D eigenvalue weighted by atomic mass is 35.5. The highest BCUT2D eigenvalue weighted by Gasteiger charge is 2.19. The third-order valence-electron chi connectivity index (χ3n) is 3.22. The van der Waals surface area contributed by atoms with Crippen LogP contribution in [0.1, 0.15) is 0 Å². The van der Waals surface area contributed by atoms with Crippen LogP contribution in [0.5, 0.6) is 5.75 Å². The van der Waals surface area contributed by atoms with Gasteiger partial charge in [-0.25, -0.2) is 22.9 Å². The molecule has 0 saturated carbocycles. The number of hydrogen-bond acceptors (Lipinski definition) is 4. The van der Waals surface area contributed by atoms with Gasteiger partial charge in [0, 0.05) is 6.07 Å². The summed E-state index contributed by atoms with van der Waals surface area (Å²) in [6, 6.07) is 3.26. The molecule has 6 nitrogen and oxygen atoms in total. The number of hydrogen-bond donors (Lipinski definition) is 1. The Morgan fingerprint density at radius 3 is 2.56 bits per heavy atom. The molecule has 0 unspecified atom stereocenters. The lowest BCUT2D eigenvalue weighted by atomic mass is 10.2. The Bertz CT molecular complexity index is 1080. The minimum atomic E-state index is -1.80. The zero-order valence-corrected chi connectivity index (χ0v) is 12.7. The van der Waals surface area contributed by atoms with Gasteiger partial charge in [-0.15, -0.1) is 0 Å². The van der Waals surface area contributed by atoms with Gasteiger partial charge in [0.1, 0.15) is 11.6 Å². The lowest BCUT2D eigenvalue weighted by Crippen LogP contribution is -2.17. The van der Waals surface area contributed by atoms with Crippen molar-refractivity contribution in [2.75, 3.05) is 0 Å². The lowest BCUT2D eigenvalue weighted by Gasteiger charge is -2.13. The molecule has 3 aromatic rings. The van der Waals surface area contributed by atoms with Crippen molar-refractivity contribution in [2.24, 2.45) is 0 Å². The number of fused-ring (bicyclic) bond motifs is 1. The fourth-order valence-electron chi connectivity index (χ4n) is 2.20. The largest absolute Gasteiger partial charge is 0.511 e. The topological polar surface area (TPSA) is 81.4 Å². The monoisotopic (exact) mass is 370 g/mol. The summed E-state index contributed by atoms with van der Waals surface area (Å²) in [5, 5.41) is 7.72. The van der Waals surface area contributed by atoms with Crippen LogP contribution in [0, 0.1) is 17.5 Å². The van der Waals surface area contributed by atoms with Crippen LogP contribution in [0.2, 0.25) is 5.15 Å². The smallest absolute Gasteiger partial charge is 0.449 e. The van der Waals surface area contributed by atoms with Crippen LogP contribution in [0.25, 0.3) is 16.7 Å². The minimum Gasteiger partial charge on any atom is -0.449 e. The molecule has 128 valence electrons. The van der Waals surface area contributed by atoms with Gasteiger partial charge in [-0.05, 0) is 18.2 Å². The standard InChI is InChI=1S/C15H6ClF3N2O4/c16-13-9(19)4-7-12(22)11(25-15(23)24)5-21(14(7)20-13)10-2-1-6(17)3-8(10)18/h1-5H,(H,23,24). The molecule has 0 aliphatic heterocycles. The molecule has 0 aliphatic carbocycles. The summed E-state index contributed by atoms with van der Waals surface area (Å²) in [5.41, 5.74) is -1.53. The Hall–Kier alpha value is -3.07. The van der Waals surface area contributed by atoms with Crippen LogP contribution in [0.15, 0.2) is 35.3 Å². The Kier molecular flexibility index (Phi) is 4.09. The number of benzene rings is 1. The van der Waals surface area contributed by atoms with E-state index >= 15 is 0 Å². The first kappa shape index (κ1) is 16.8. The van der Waals surface area contributed by atoms with Gasteiger partial charge < -0.3 is 9.84 Å². The number of carbonyl (C=O) groups is 1. The molecule has 0 atom stereocenters. The first-order valence-electron chi connectivity index (χ1n) is 6.55. The van der Waals surface area contributed by atoms with Gasteiger partial charge in [0.15, 0.2) is 22.4 Å². The fourth-order valence-corrected chi connectivity index (χ4v) is 2.34. The molecule has 1 aromatic carbocycles. The number of ether oxygens (including phenoxy) is 1. The molecule has 0 amide bonds. The second-order valence-corrected chi connectivity index (χ2v) is 5.15. The second-order valence-electron chi connectivity index (χ2n) is 4.79. The average molecular weight is 371 g/mol. The Morgan fingerprint density at radius 2 is 1.92 bits per heavy atom. The molecule has 3 rings (SSSR count). The van der Waals surface area contributed by atoms with E-state index in [0.29, 0.717) is 6.07 Å². The average Bonchev–Trinajstić information content (AvgIpc) is 2.52. The van der Waals surface area contributed by atoms with Gasteiger partial charge in [0.05, 0.1) is 17.3 Å². The highest BCUT2D eigenvalue weighted by Crippen LogP contribution is 2.24. The second kappa shape index (κ2) is 6.10. The summed E-state index contributed by atoms with van der Waals surface area (Å²) in [6.45, 7) is 0. The van der Waals surface area contributed by atoms with Gasteiger partial charge in [0.25, 0.3) is 0 Å². The summed E-state index contributed by atoms with van der Waals surface area (Å²) in [5.74, 6) is -3.64. The van der Waals surface area contributed by atoms with Gasteiger partial charge in [-0.1, -0.05) is 11.6 Å². The van der Waals surface area contributed by atoms with E-state index in [9.17, 15) is 22.8 Å². The molecule has 0 saturated heterocycles. The van der Waals surface area contributed by atoms with Crippen LogP contribution < -0.4 is 10.2 Å². The van der Waals surface area contributed by atoms with E-state index in [-0.39, 0.29) is 11.3 Å². The molecule has 25 heavy (non-hydrogen) atoms. The summed E-state index contributed by atoms with van der Waals surface area (Å²) < 4.78 is 46.2. The SMILES string of the molecule is O=C(O)Oc1cn(-c2ccc(F)cc2F)c2nc(Cl)c(F)cc2c1=O. The number of halogens is 4. The van der Waals surface area contributed by atoms with Crippen molar-refractivity contribution >= 4 is 28.8 Å². The lowest BCUT2D eigenvalue weighted by molar-refractivity contribution is 0.144. The Labute approximate surface area is 141 Å². The molecule has 0 bridgehead atoms. The summed E-state index contributed by atoms with van der Waals surface area (Å²) >= 11 is 5.61. The summed E-state index contributed by atoms with van der Waals surface area (Å²) in [4.78, 5) is 26.7. The predicted molar refractivity (Wildman–Crippen MR) is 80.9 cm³/mol. The quantitative estimate of drug-likeness (QED) is 0.551. The van der Waals surface area contributed by atoms with Gasteiger partial charge in [-0.3, -0.25) is 9.36 Å².